The molecule has 0 aliphatic carbocycles. The molecule has 0 aliphatic heterocycles. The Hall–Kier alpha value is -2.84. The number of rotatable bonds is 12. The van der Waals surface area contributed by atoms with Crippen molar-refractivity contribution in [3.05, 3.63) is 77.4 Å². The zero-order chi connectivity index (χ0) is 24.5. The molecule has 0 unspecified atom stereocenters. The Kier molecular flexibility index (Phi) is 9.53. The van der Waals surface area contributed by atoms with E-state index in [1.165, 1.54) is 23.7 Å². The first kappa shape index (κ1) is 25.8. The molecule has 2 aromatic carbocycles. The molecule has 1 amide bonds. The highest BCUT2D eigenvalue weighted by Crippen LogP contribution is 2.22. The monoisotopic (exact) mass is 483 g/mol. The molecular weight excluding hydrogens is 449 g/mol. The van der Waals surface area contributed by atoms with E-state index in [1.54, 1.807) is 12.1 Å². The maximum Gasteiger partial charge on any atom is 0.224 e. The quantitative estimate of drug-likeness (QED) is 0.381. The van der Waals surface area contributed by atoms with E-state index < -0.39 is 0 Å². The molecule has 0 radical (unpaired) electrons. The van der Waals surface area contributed by atoms with Crippen molar-refractivity contribution in [3.63, 3.8) is 0 Å². The lowest BCUT2D eigenvalue weighted by atomic mass is 10.1. The molecule has 0 bridgehead atoms. The number of hydrogen-bond acceptors (Lipinski definition) is 6. The molecule has 3 rings (SSSR count). The minimum absolute atomic E-state index is 0.132. The van der Waals surface area contributed by atoms with Crippen LogP contribution in [-0.2, 0) is 17.8 Å². The van der Waals surface area contributed by atoms with Crippen molar-refractivity contribution in [2.45, 2.75) is 39.3 Å². The van der Waals surface area contributed by atoms with Crippen LogP contribution in [0, 0.1) is 5.82 Å². The highest BCUT2D eigenvalue weighted by molar-refractivity contribution is 7.09. The van der Waals surface area contributed by atoms with Crippen molar-refractivity contribution in [2.24, 2.45) is 0 Å². The summed E-state index contributed by atoms with van der Waals surface area (Å²) in [5.41, 5.74) is 2.10. The van der Waals surface area contributed by atoms with Crippen molar-refractivity contribution in [2.75, 3.05) is 38.6 Å². The highest BCUT2D eigenvalue weighted by Gasteiger charge is 2.20. The zero-order valence-corrected chi connectivity index (χ0v) is 21.3. The smallest absolute Gasteiger partial charge is 0.224 e. The van der Waals surface area contributed by atoms with E-state index in [9.17, 15) is 9.18 Å². The van der Waals surface area contributed by atoms with Crippen LogP contribution in [0.5, 0.6) is 0 Å². The maximum absolute atomic E-state index is 13.2. The van der Waals surface area contributed by atoms with Gasteiger partial charge in [0.2, 0.25) is 11.0 Å². The number of halogens is 1. The second kappa shape index (κ2) is 12.6. The molecule has 0 saturated heterocycles. The van der Waals surface area contributed by atoms with E-state index in [0.717, 1.165) is 22.8 Å². The van der Waals surface area contributed by atoms with E-state index in [4.69, 9.17) is 4.98 Å². The van der Waals surface area contributed by atoms with Crippen LogP contribution < -0.4 is 4.90 Å². The van der Waals surface area contributed by atoms with Crippen LogP contribution in [0.2, 0.25) is 0 Å². The summed E-state index contributed by atoms with van der Waals surface area (Å²) < 4.78 is 17.7. The molecule has 182 valence electrons. The van der Waals surface area contributed by atoms with Gasteiger partial charge >= 0.3 is 0 Å². The standard InChI is InChI=1S/C26H34FN5OS/c1-20(2)32(26-28-24(29-34-26)18-21-10-12-23(27)13-11-21)15-14-25(33)31(17-16-30(3)4)19-22-8-6-5-7-9-22/h5-13,20H,14-19H2,1-4H3. The predicted molar refractivity (Wildman–Crippen MR) is 137 cm³/mol. The van der Waals surface area contributed by atoms with E-state index in [1.807, 2.05) is 37.2 Å². The normalized spacial score (nSPS) is 11.3. The van der Waals surface area contributed by atoms with Crippen LogP contribution in [0.4, 0.5) is 9.52 Å². The number of benzene rings is 2. The minimum atomic E-state index is -0.252. The first-order chi connectivity index (χ1) is 16.3. The molecule has 0 N–H and O–H groups in total. The number of carbonyl (C=O) groups is 1. The number of amides is 1. The van der Waals surface area contributed by atoms with Gasteiger partial charge in [-0.1, -0.05) is 42.5 Å². The van der Waals surface area contributed by atoms with Crippen molar-refractivity contribution in [3.8, 4) is 0 Å². The molecule has 0 fully saturated rings. The third kappa shape index (κ3) is 7.88. The van der Waals surface area contributed by atoms with Crippen LogP contribution >= 0.6 is 11.5 Å². The molecule has 3 aromatic rings. The molecular formula is C26H34FN5OS. The summed E-state index contributed by atoms with van der Waals surface area (Å²) in [7, 11) is 4.04. The molecule has 0 atom stereocenters. The molecule has 1 heterocycles. The van der Waals surface area contributed by atoms with Gasteiger partial charge in [-0.2, -0.15) is 4.37 Å². The number of carbonyl (C=O) groups excluding carboxylic acids is 1. The summed E-state index contributed by atoms with van der Waals surface area (Å²) in [6.07, 6.45) is 0.961. The third-order valence-electron chi connectivity index (χ3n) is 5.55. The van der Waals surface area contributed by atoms with Gasteiger partial charge in [-0.25, -0.2) is 9.37 Å². The van der Waals surface area contributed by atoms with Crippen molar-refractivity contribution in [1.29, 1.82) is 0 Å². The number of anilines is 1. The number of hydrogen-bond donors (Lipinski definition) is 0. The summed E-state index contributed by atoms with van der Waals surface area (Å²) in [4.78, 5) is 24.1. The van der Waals surface area contributed by atoms with Crippen molar-refractivity contribution < 1.29 is 9.18 Å². The van der Waals surface area contributed by atoms with E-state index in [-0.39, 0.29) is 17.8 Å². The van der Waals surface area contributed by atoms with Gasteiger partial charge in [-0.15, -0.1) is 0 Å². The lowest BCUT2D eigenvalue weighted by Crippen LogP contribution is -2.39. The Labute approximate surface area is 206 Å². The Bertz CT molecular complexity index is 1020. The Morgan fingerprint density at radius 3 is 2.32 bits per heavy atom. The molecule has 0 spiro atoms. The lowest BCUT2D eigenvalue weighted by molar-refractivity contribution is -0.131. The average molecular weight is 484 g/mol. The molecule has 6 nitrogen and oxygen atoms in total. The van der Waals surface area contributed by atoms with Crippen molar-refractivity contribution >= 4 is 22.6 Å². The van der Waals surface area contributed by atoms with Crippen LogP contribution in [0.25, 0.3) is 0 Å². The van der Waals surface area contributed by atoms with Gasteiger partial charge in [0.05, 0.1) is 0 Å². The lowest BCUT2D eigenvalue weighted by Gasteiger charge is -2.28. The van der Waals surface area contributed by atoms with E-state index in [0.29, 0.717) is 38.3 Å². The van der Waals surface area contributed by atoms with Gasteiger partial charge in [0.25, 0.3) is 0 Å². The van der Waals surface area contributed by atoms with Gasteiger partial charge < -0.3 is 14.7 Å². The Morgan fingerprint density at radius 2 is 1.68 bits per heavy atom. The third-order valence-corrected chi connectivity index (χ3v) is 6.35. The van der Waals surface area contributed by atoms with Crippen LogP contribution in [0.3, 0.4) is 0 Å². The molecule has 34 heavy (non-hydrogen) atoms. The van der Waals surface area contributed by atoms with Gasteiger partial charge in [-0.3, -0.25) is 4.79 Å². The molecule has 0 aliphatic rings. The number of aromatic nitrogens is 2. The SMILES string of the molecule is CC(C)N(CCC(=O)N(CCN(C)C)Cc1ccccc1)c1nc(Cc2ccc(F)cc2)ns1. The fourth-order valence-electron chi connectivity index (χ4n) is 3.58. The maximum atomic E-state index is 13.2. The summed E-state index contributed by atoms with van der Waals surface area (Å²) in [5.74, 6) is 0.589. The Morgan fingerprint density at radius 1 is 0.971 bits per heavy atom. The van der Waals surface area contributed by atoms with Gasteiger partial charge in [0.15, 0.2) is 0 Å². The largest absolute Gasteiger partial charge is 0.344 e. The van der Waals surface area contributed by atoms with Crippen LogP contribution in [0.1, 0.15) is 37.2 Å². The second-order valence-electron chi connectivity index (χ2n) is 8.94. The van der Waals surface area contributed by atoms with Crippen LogP contribution in [-0.4, -0.2) is 64.8 Å². The first-order valence-corrected chi connectivity index (χ1v) is 12.4. The van der Waals surface area contributed by atoms with Gasteiger partial charge in [0, 0.05) is 56.6 Å². The fraction of sp³-hybridized carbons (Fsp3) is 0.423. The van der Waals surface area contributed by atoms with Crippen LogP contribution in [0.15, 0.2) is 54.6 Å². The molecule has 1 aromatic heterocycles. The average Bonchev–Trinajstić information content (AvgIpc) is 3.26. The Balaban J connectivity index is 1.64. The van der Waals surface area contributed by atoms with Gasteiger partial charge in [0.1, 0.15) is 11.6 Å². The second-order valence-corrected chi connectivity index (χ2v) is 9.67. The summed E-state index contributed by atoms with van der Waals surface area (Å²) >= 11 is 1.34. The van der Waals surface area contributed by atoms with E-state index >= 15 is 0 Å². The summed E-state index contributed by atoms with van der Waals surface area (Å²) in [5, 5.41) is 0.808. The topological polar surface area (TPSA) is 52.6 Å². The van der Waals surface area contributed by atoms with E-state index in [2.05, 4.69) is 40.2 Å². The number of nitrogens with zero attached hydrogens (tertiary/aromatic N) is 5. The molecule has 0 saturated carbocycles. The van der Waals surface area contributed by atoms with Crippen molar-refractivity contribution in [1.82, 2.24) is 19.2 Å². The summed E-state index contributed by atoms with van der Waals surface area (Å²) in [6, 6.07) is 16.7. The van der Waals surface area contributed by atoms with Gasteiger partial charge in [-0.05, 0) is 51.2 Å². The number of likely N-dealkylation sites (N-methyl/N-ethyl adjacent to an activating group) is 1. The first-order valence-electron chi connectivity index (χ1n) is 11.6. The zero-order valence-electron chi connectivity index (χ0n) is 20.4. The highest BCUT2D eigenvalue weighted by atomic mass is 32.1. The predicted octanol–water partition coefficient (Wildman–Crippen LogP) is 4.46. The summed E-state index contributed by atoms with van der Waals surface area (Å²) in [6.45, 7) is 6.88. The molecule has 8 heteroatoms. The minimum Gasteiger partial charge on any atom is -0.344 e. The fourth-order valence-corrected chi connectivity index (χ4v) is 4.43.